The van der Waals surface area contributed by atoms with Gasteiger partial charge in [0.05, 0.1) is 0 Å². The second-order valence-corrected chi connectivity index (χ2v) is 4.32. The number of hydrogen-bond donors (Lipinski definition) is 1. The predicted octanol–water partition coefficient (Wildman–Crippen LogP) is 2.03. The average molecular weight is 224 g/mol. The first-order chi connectivity index (χ1) is 7.83. The van der Waals surface area contributed by atoms with Crippen LogP contribution < -0.4 is 0 Å². The molecule has 0 aromatic rings. The Hall–Kier alpha value is -1.39. The van der Waals surface area contributed by atoms with Gasteiger partial charge in [-0.05, 0) is 12.8 Å². The SMILES string of the molecule is O=COC1=NN=C(O)C2CCCCCCC12. The third kappa shape index (κ3) is 2.23. The van der Waals surface area contributed by atoms with Crippen LogP contribution in [0.1, 0.15) is 38.5 Å². The van der Waals surface area contributed by atoms with Crippen molar-refractivity contribution in [3.63, 3.8) is 0 Å². The number of hydrogen-bond acceptors (Lipinski definition) is 4. The third-order valence-electron chi connectivity index (χ3n) is 3.33. The summed E-state index contributed by atoms with van der Waals surface area (Å²) in [6, 6.07) is 0. The van der Waals surface area contributed by atoms with Crippen LogP contribution in [-0.4, -0.2) is 23.4 Å². The monoisotopic (exact) mass is 224 g/mol. The van der Waals surface area contributed by atoms with E-state index in [1.807, 2.05) is 0 Å². The van der Waals surface area contributed by atoms with Gasteiger partial charge in [0.1, 0.15) is 0 Å². The van der Waals surface area contributed by atoms with E-state index in [9.17, 15) is 9.90 Å². The molecule has 88 valence electrons. The fourth-order valence-corrected chi connectivity index (χ4v) is 2.50. The van der Waals surface area contributed by atoms with E-state index in [4.69, 9.17) is 4.74 Å². The first-order valence-corrected chi connectivity index (χ1v) is 5.77. The molecule has 5 nitrogen and oxygen atoms in total. The summed E-state index contributed by atoms with van der Waals surface area (Å²) in [5.74, 6) is 0.445. The zero-order chi connectivity index (χ0) is 11.4. The van der Waals surface area contributed by atoms with Crippen molar-refractivity contribution >= 4 is 18.3 Å². The molecule has 1 saturated carbocycles. The predicted molar refractivity (Wildman–Crippen MR) is 59.3 cm³/mol. The molecule has 1 heterocycles. The minimum Gasteiger partial charge on any atom is -0.495 e. The molecule has 0 aromatic carbocycles. The summed E-state index contributed by atoms with van der Waals surface area (Å²) >= 11 is 0. The highest BCUT2D eigenvalue weighted by Crippen LogP contribution is 2.32. The standard InChI is InChI=1S/C11H16N2O3/c14-7-16-11-9-6-4-2-1-3-5-8(9)10(15)12-13-11/h7-9H,1-6H2,(H,12,15). The number of aliphatic hydroxyl groups is 1. The van der Waals surface area contributed by atoms with Crippen molar-refractivity contribution in [3.8, 4) is 0 Å². The Labute approximate surface area is 94.2 Å². The van der Waals surface area contributed by atoms with Crippen LogP contribution in [0.3, 0.4) is 0 Å². The van der Waals surface area contributed by atoms with E-state index in [1.54, 1.807) is 0 Å². The molecule has 1 aliphatic carbocycles. The second kappa shape index (κ2) is 5.09. The molecule has 2 unspecified atom stereocenters. The van der Waals surface area contributed by atoms with Gasteiger partial charge in [-0.2, -0.15) is 0 Å². The highest BCUT2D eigenvalue weighted by atomic mass is 16.5. The molecule has 2 atom stereocenters. The Morgan fingerprint density at radius 3 is 2.50 bits per heavy atom. The lowest BCUT2D eigenvalue weighted by atomic mass is 9.81. The van der Waals surface area contributed by atoms with Crippen LogP contribution in [0.15, 0.2) is 10.2 Å². The van der Waals surface area contributed by atoms with Crippen LogP contribution >= 0.6 is 0 Å². The van der Waals surface area contributed by atoms with E-state index in [1.165, 1.54) is 12.8 Å². The summed E-state index contributed by atoms with van der Waals surface area (Å²) in [6.07, 6.45) is 6.33. The lowest BCUT2D eigenvalue weighted by Crippen LogP contribution is -2.34. The Morgan fingerprint density at radius 1 is 1.12 bits per heavy atom. The van der Waals surface area contributed by atoms with Gasteiger partial charge in [-0.25, -0.2) is 0 Å². The van der Waals surface area contributed by atoms with Crippen LogP contribution in [0.25, 0.3) is 0 Å². The van der Waals surface area contributed by atoms with Crippen LogP contribution in [-0.2, 0) is 9.53 Å². The van der Waals surface area contributed by atoms with Gasteiger partial charge in [-0.3, -0.25) is 4.79 Å². The van der Waals surface area contributed by atoms with E-state index < -0.39 is 0 Å². The van der Waals surface area contributed by atoms with Crippen LogP contribution in [0, 0.1) is 11.8 Å². The van der Waals surface area contributed by atoms with Gasteiger partial charge in [-0.15, -0.1) is 10.2 Å². The number of nitrogens with zero attached hydrogens (tertiary/aromatic N) is 2. The van der Waals surface area contributed by atoms with E-state index in [0.717, 1.165) is 25.7 Å². The molecule has 0 amide bonds. The molecule has 16 heavy (non-hydrogen) atoms. The van der Waals surface area contributed by atoms with Gasteiger partial charge in [-0.1, -0.05) is 25.7 Å². The molecule has 0 radical (unpaired) electrons. The zero-order valence-electron chi connectivity index (χ0n) is 9.13. The van der Waals surface area contributed by atoms with Gasteiger partial charge < -0.3 is 9.84 Å². The Kier molecular flexibility index (Phi) is 3.54. The highest BCUT2D eigenvalue weighted by Gasteiger charge is 2.35. The summed E-state index contributed by atoms with van der Waals surface area (Å²) in [5.41, 5.74) is 0. The summed E-state index contributed by atoms with van der Waals surface area (Å²) in [7, 11) is 0. The molecule has 2 aliphatic rings. The Bertz CT molecular complexity index is 325. The molecule has 1 aliphatic heterocycles. The van der Waals surface area contributed by atoms with Crippen molar-refractivity contribution in [1.29, 1.82) is 0 Å². The molecule has 0 bridgehead atoms. The van der Waals surface area contributed by atoms with Crippen molar-refractivity contribution in [3.05, 3.63) is 0 Å². The molecule has 0 spiro atoms. The molecule has 0 aromatic heterocycles. The minimum absolute atomic E-state index is 0.0167. The van der Waals surface area contributed by atoms with Gasteiger partial charge in [0, 0.05) is 11.8 Å². The summed E-state index contributed by atoms with van der Waals surface area (Å²) in [5, 5.41) is 17.1. The topological polar surface area (TPSA) is 71.2 Å². The first kappa shape index (κ1) is 11.1. The fourth-order valence-electron chi connectivity index (χ4n) is 2.50. The number of fused-ring (bicyclic) bond motifs is 1. The Balaban J connectivity index is 2.17. The summed E-state index contributed by atoms with van der Waals surface area (Å²) < 4.78 is 4.85. The normalized spacial score (nSPS) is 30.2. The summed E-state index contributed by atoms with van der Waals surface area (Å²) in [6.45, 7) is 0.381. The maximum atomic E-state index is 10.4. The molecule has 5 heteroatoms. The largest absolute Gasteiger partial charge is 0.495 e. The highest BCUT2D eigenvalue weighted by molar-refractivity contribution is 5.92. The lowest BCUT2D eigenvalue weighted by Gasteiger charge is -2.29. The number of carbonyl (C=O) groups excluding carboxylic acids is 1. The lowest BCUT2D eigenvalue weighted by molar-refractivity contribution is -0.122. The fraction of sp³-hybridized carbons (Fsp3) is 0.727. The number of carbonyl (C=O) groups is 1. The molecule has 1 fully saturated rings. The van der Waals surface area contributed by atoms with E-state index >= 15 is 0 Å². The molecular weight excluding hydrogens is 208 g/mol. The maximum absolute atomic E-state index is 10.4. The van der Waals surface area contributed by atoms with E-state index in [0.29, 0.717) is 12.4 Å². The third-order valence-corrected chi connectivity index (χ3v) is 3.33. The zero-order valence-corrected chi connectivity index (χ0v) is 9.13. The van der Waals surface area contributed by atoms with Gasteiger partial charge in [0.25, 0.3) is 6.47 Å². The number of ether oxygens (including phenoxy) is 1. The molecule has 0 saturated heterocycles. The quantitative estimate of drug-likeness (QED) is 0.693. The van der Waals surface area contributed by atoms with Crippen LogP contribution in [0.4, 0.5) is 0 Å². The van der Waals surface area contributed by atoms with E-state index in [2.05, 4.69) is 10.2 Å². The number of rotatable bonds is 1. The second-order valence-electron chi connectivity index (χ2n) is 4.32. The number of aliphatic hydroxyl groups excluding tert-OH is 1. The minimum atomic E-state index is -0.0206. The average Bonchev–Trinajstić information content (AvgIpc) is 2.23. The maximum Gasteiger partial charge on any atom is 0.299 e. The molecule has 2 rings (SSSR count). The molecule has 1 N–H and O–H groups in total. The van der Waals surface area contributed by atoms with Crippen molar-refractivity contribution < 1.29 is 14.6 Å². The van der Waals surface area contributed by atoms with Gasteiger partial charge in [0.2, 0.25) is 11.8 Å². The van der Waals surface area contributed by atoms with Gasteiger partial charge in [0.15, 0.2) is 0 Å². The first-order valence-electron chi connectivity index (χ1n) is 5.77. The smallest absolute Gasteiger partial charge is 0.299 e. The van der Waals surface area contributed by atoms with Crippen molar-refractivity contribution in [2.75, 3.05) is 0 Å². The van der Waals surface area contributed by atoms with Crippen LogP contribution in [0.5, 0.6) is 0 Å². The van der Waals surface area contributed by atoms with Crippen molar-refractivity contribution in [2.24, 2.45) is 22.0 Å². The summed E-state index contributed by atoms with van der Waals surface area (Å²) in [4.78, 5) is 10.4. The van der Waals surface area contributed by atoms with Crippen molar-refractivity contribution in [1.82, 2.24) is 0 Å². The van der Waals surface area contributed by atoms with Crippen LogP contribution in [0.2, 0.25) is 0 Å². The molecular formula is C11H16N2O3. The van der Waals surface area contributed by atoms with E-state index in [-0.39, 0.29) is 17.7 Å². The van der Waals surface area contributed by atoms with Crippen molar-refractivity contribution in [2.45, 2.75) is 38.5 Å². The van der Waals surface area contributed by atoms with Gasteiger partial charge >= 0.3 is 0 Å². The Morgan fingerprint density at radius 2 is 1.81 bits per heavy atom.